The Morgan fingerprint density at radius 3 is 2.19 bits per heavy atom. The molecule has 2 N–H and O–H groups in total. The van der Waals surface area contributed by atoms with Crippen LogP contribution in [0, 0.1) is 5.92 Å². The molecule has 1 aromatic rings. The largest absolute Gasteiger partial charge is 0.496 e. The van der Waals surface area contributed by atoms with E-state index in [0.29, 0.717) is 24.4 Å². The molecule has 0 saturated carbocycles. The summed E-state index contributed by atoms with van der Waals surface area (Å²) in [4.78, 5) is 6.36. The number of ether oxygens (including phenoxy) is 1. The van der Waals surface area contributed by atoms with Crippen molar-refractivity contribution < 1.29 is 17.9 Å². The van der Waals surface area contributed by atoms with E-state index < -0.39 is 11.7 Å². The van der Waals surface area contributed by atoms with Gasteiger partial charge in [-0.3, -0.25) is 4.90 Å². The Kier molecular flexibility index (Phi) is 21.0. The number of methoxy groups -OCH3 is 1. The van der Waals surface area contributed by atoms with Gasteiger partial charge in [-0.05, 0) is 37.6 Å². The third kappa shape index (κ3) is 13.9. The second-order valence-corrected chi connectivity index (χ2v) is 8.75. The minimum Gasteiger partial charge on any atom is -0.496 e. The molecule has 0 aliphatic carbocycles. The van der Waals surface area contributed by atoms with Crippen molar-refractivity contribution in [2.45, 2.75) is 113 Å². The highest BCUT2D eigenvalue weighted by Crippen LogP contribution is 2.37. The highest BCUT2D eigenvalue weighted by Gasteiger charge is 2.33. The van der Waals surface area contributed by atoms with E-state index in [9.17, 15) is 13.2 Å². The summed E-state index contributed by atoms with van der Waals surface area (Å²) < 4.78 is 43.9. The van der Waals surface area contributed by atoms with E-state index in [1.165, 1.54) is 51.7 Å². The molecule has 1 heterocycles. The summed E-state index contributed by atoms with van der Waals surface area (Å²) in [5, 5.41) is 0. The lowest BCUT2D eigenvalue weighted by molar-refractivity contribution is -0.137. The number of aliphatic imine (C=N–C) groups is 1. The molecule has 2 rings (SSSR count). The average molecular weight is 530 g/mol. The van der Waals surface area contributed by atoms with Crippen LogP contribution in [0.25, 0.3) is 0 Å². The highest BCUT2D eigenvalue weighted by atomic mass is 19.4. The van der Waals surface area contributed by atoms with Gasteiger partial charge in [0.2, 0.25) is 0 Å². The molecule has 0 amide bonds. The van der Waals surface area contributed by atoms with Gasteiger partial charge in [-0.25, -0.2) is 4.99 Å². The van der Waals surface area contributed by atoms with Crippen LogP contribution in [0.15, 0.2) is 35.1 Å². The molecule has 0 spiro atoms. The molecule has 1 aromatic carbocycles. The molecule has 0 bridgehead atoms. The molecule has 2 atom stereocenters. The molecule has 0 radical (unpaired) electrons. The van der Waals surface area contributed by atoms with Crippen LogP contribution in [0.2, 0.25) is 0 Å². The predicted octanol–water partition coefficient (Wildman–Crippen LogP) is 9.41. The second kappa shape index (κ2) is 21.0. The maximum absolute atomic E-state index is 12.9. The maximum atomic E-state index is 12.9. The average Bonchev–Trinajstić information content (AvgIpc) is 3.05. The third-order valence-electron chi connectivity index (χ3n) is 6.08. The topological polar surface area (TPSA) is 50.8 Å². The standard InChI is InChI=1S/C16H20F3N3O.C10H22.2C2H6/c1-4-12-15(22(2)8-7-14(20)21-12)11-6-5-10(16(17,18)19)9-13(11)23-3;1-4-6-7-8-9-10(3)5-2;2*1-2/h5-7,9,15H,4,8,20H2,1-3H3;10H,4-9H2,1-3H3;2*1-2H3. The van der Waals surface area contributed by atoms with Crippen molar-refractivity contribution in [3.05, 3.63) is 41.2 Å². The van der Waals surface area contributed by atoms with Gasteiger partial charge in [0.1, 0.15) is 11.6 Å². The summed E-state index contributed by atoms with van der Waals surface area (Å²) in [6, 6.07) is 3.27. The van der Waals surface area contributed by atoms with Crippen LogP contribution in [0.1, 0.15) is 118 Å². The summed E-state index contributed by atoms with van der Waals surface area (Å²) in [7, 11) is 3.24. The van der Waals surface area contributed by atoms with Crippen molar-refractivity contribution in [3.8, 4) is 5.75 Å². The van der Waals surface area contributed by atoms with E-state index in [-0.39, 0.29) is 11.8 Å². The number of hydrogen-bond donors (Lipinski definition) is 1. The van der Waals surface area contributed by atoms with Crippen molar-refractivity contribution in [2.75, 3.05) is 20.7 Å². The molecule has 216 valence electrons. The van der Waals surface area contributed by atoms with Gasteiger partial charge < -0.3 is 10.5 Å². The van der Waals surface area contributed by atoms with Gasteiger partial charge in [0.15, 0.2) is 0 Å². The zero-order valence-electron chi connectivity index (χ0n) is 25.1. The Hall–Kier alpha value is -2.02. The summed E-state index contributed by atoms with van der Waals surface area (Å²) in [5.74, 6) is 1.57. The number of nitrogens with zero attached hydrogens (tertiary/aromatic N) is 2. The molecule has 0 aromatic heterocycles. The molecule has 0 saturated heterocycles. The Balaban J connectivity index is 0. The normalized spacial score (nSPS) is 16.3. The second-order valence-electron chi connectivity index (χ2n) is 8.75. The van der Waals surface area contributed by atoms with E-state index >= 15 is 0 Å². The van der Waals surface area contributed by atoms with E-state index in [2.05, 4.69) is 25.8 Å². The van der Waals surface area contributed by atoms with Gasteiger partial charge in [-0.15, -0.1) is 0 Å². The Labute approximate surface area is 225 Å². The molecule has 4 nitrogen and oxygen atoms in total. The number of nitrogens with two attached hydrogens (primary N) is 1. The lowest BCUT2D eigenvalue weighted by Crippen LogP contribution is -2.30. The number of alkyl halides is 3. The molecule has 1 aliphatic rings. The van der Waals surface area contributed by atoms with Crippen LogP contribution in [0.4, 0.5) is 13.2 Å². The first kappa shape index (κ1) is 37.1. The fourth-order valence-electron chi connectivity index (χ4n) is 3.80. The quantitative estimate of drug-likeness (QED) is 0.324. The SMILES string of the molecule is CC.CC.CCC1=NC(N)=CCN(C)C1c1ccc(C(F)(F)F)cc1OC.CCCCCCC(C)CC. The van der Waals surface area contributed by atoms with Crippen LogP contribution >= 0.6 is 0 Å². The highest BCUT2D eigenvalue weighted by molar-refractivity contribution is 5.92. The van der Waals surface area contributed by atoms with Crippen LogP contribution in [-0.4, -0.2) is 31.3 Å². The van der Waals surface area contributed by atoms with Crippen LogP contribution < -0.4 is 10.5 Å². The maximum Gasteiger partial charge on any atom is 0.416 e. The van der Waals surface area contributed by atoms with Crippen LogP contribution in [0.5, 0.6) is 5.75 Å². The van der Waals surface area contributed by atoms with E-state index in [1.807, 2.05) is 46.6 Å². The Morgan fingerprint density at radius 1 is 1.08 bits per heavy atom. The number of rotatable bonds is 9. The van der Waals surface area contributed by atoms with Gasteiger partial charge in [-0.2, -0.15) is 13.2 Å². The molecular formula is C30H54F3N3O. The van der Waals surface area contributed by atoms with E-state index in [0.717, 1.165) is 23.8 Å². The molecule has 0 fully saturated rings. The minimum absolute atomic E-state index is 0.193. The van der Waals surface area contributed by atoms with Gasteiger partial charge in [0.25, 0.3) is 0 Å². The van der Waals surface area contributed by atoms with E-state index in [1.54, 1.807) is 6.08 Å². The fourth-order valence-corrected chi connectivity index (χ4v) is 3.80. The summed E-state index contributed by atoms with van der Waals surface area (Å²) in [6.07, 6.45) is 6.48. The van der Waals surface area contributed by atoms with Crippen molar-refractivity contribution in [1.29, 1.82) is 0 Å². The van der Waals surface area contributed by atoms with Gasteiger partial charge in [-0.1, -0.05) is 100.0 Å². The first-order valence-corrected chi connectivity index (χ1v) is 14.1. The zero-order valence-corrected chi connectivity index (χ0v) is 25.1. The van der Waals surface area contributed by atoms with E-state index in [4.69, 9.17) is 10.5 Å². The molecule has 7 heteroatoms. The number of likely N-dealkylation sites (N-methyl/N-ethyl adjacent to an activating group) is 1. The molecule has 1 aliphatic heterocycles. The number of hydrogen-bond acceptors (Lipinski definition) is 4. The van der Waals surface area contributed by atoms with Gasteiger partial charge >= 0.3 is 6.18 Å². The van der Waals surface area contributed by atoms with Crippen molar-refractivity contribution >= 4 is 5.71 Å². The summed E-state index contributed by atoms with van der Waals surface area (Å²) in [5.41, 5.74) is 6.52. The first-order chi connectivity index (χ1) is 17.6. The predicted molar refractivity (Wildman–Crippen MR) is 154 cm³/mol. The van der Waals surface area contributed by atoms with Crippen molar-refractivity contribution in [3.63, 3.8) is 0 Å². The Morgan fingerprint density at radius 2 is 1.70 bits per heavy atom. The fraction of sp³-hybridized carbons (Fsp3) is 0.700. The Bertz CT molecular complexity index is 776. The van der Waals surface area contributed by atoms with Crippen LogP contribution in [0.3, 0.4) is 0 Å². The molecule has 2 unspecified atom stereocenters. The lowest BCUT2D eigenvalue weighted by atomic mass is 9.96. The number of unbranched alkanes of at least 4 members (excludes halogenated alkanes) is 3. The minimum atomic E-state index is -4.41. The van der Waals surface area contributed by atoms with Crippen LogP contribution in [-0.2, 0) is 6.18 Å². The number of benzene rings is 1. The lowest BCUT2D eigenvalue weighted by Gasteiger charge is -2.28. The van der Waals surface area contributed by atoms with Crippen molar-refractivity contribution in [1.82, 2.24) is 4.90 Å². The smallest absolute Gasteiger partial charge is 0.416 e. The monoisotopic (exact) mass is 529 g/mol. The summed E-state index contributed by atoms with van der Waals surface area (Å²) >= 11 is 0. The third-order valence-corrected chi connectivity index (χ3v) is 6.08. The molecular weight excluding hydrogens is 475 g/mol. The summed E-state index contributed by atoms with van der Waals surface area (Å²) in [6.45, 7) is 17.4. The first-order valence-electron chi connectivity index (χ1n) is 14.1. The van der Waals surface area contributed by atoms with Crippen molar-refractivity contribution in [2.24, 2.45) is 16.6 Å². The van der Waals surface area contributed by atoms with Gasteiger partial charge in [0, 0.05) is 17.8 Å². The zero-order chi connectivity index (χ0) is 29.0. The van der Waals surface area contributed by atoms with Gasteiger partial charge in [0.05, 0.1) is 18.7 Å². The number of halogens is 3. The molecule has 37 heavy (non-hydrogen) atoms.